The molecule has 1 fully saturated rings. The largest absolute Gasteiger partial charge is 0.376 e. The van der Waals surface area contributed by atoms with E-state index in [1.54, 1.807) is 6.20 Å². The Hall–Kier alpha value is -1.95. The lowest BCUT2D eigenvalue weighted by molar-refractivity contribution is -0.0597. The highest BCUT2D eigenvalue weighted by Gasteiger charge is 2.31. The summed E-state index contributed by atoms with van der Waals surface area (Å²) >= 11 is 0. The quantitative estimate of drug-likeness (QED) is 0.919. The topological polar surface area (TPSA) is 64.9 Å². The molecule has 0 unspecified atom stereocenters. The molecule has 2 aromatic heterocycles. The van der Waals surface area contributed by atoms with Gasteiger partial charge in [0.1, 0.15) is 5.82 Å². The highest BCUT2D eigenvalue weighted by Crippen LogP contribution is 2.34. The molecule has 6 nitrogen and oxygen atoms in total. The second-order valence-electron chi connectivity index (χ2n) is 6.80. The molecular weight excluding hydrogens is 290 g/mol. The summed E-state index contributed by atoms with van der Waals surface area (Å²) in [6.07, 6.45) is 5.89. The van der Waals surface area contributed by atoms with Gasteiger partial charge in [-0.25, -0.2) is 4.98 Å². The van der Waals surface area contributed by atoms with Crippen LogP contribution in [0.4, 0.5) is 5.82 Å². The van der Waals surface area contributed by atoms with Gasteiger partial charge in [-0.1, -0.05) is 11.3 Å². The Balaban J connectivity index is 1.54. The summed E-state index contributed by atoms with van der Waals surface area (Å²) in [5.41, 5.74) is 2.16. The van der Waals surface area contributed by atoms with E-state index in [1.807, 2.05) is 10.7 Å². The lowest BCUT2D eigenvalue weighted by atomic mass is 9.86. The fourth-order valence-corrected chi connectivity index (χ4v) is 3.05. The van der Waals surface area contributed by atoms with Gasteiger partial charge in [-0.15, -0.1) is 5.10 Å². The van der Waals surface area contributed by atoms with Gasteiger partial charge in [0, 0.05) is 31.5 Å². The molecular formula is C17H25N5O. The van der Waals surface area contributed by atoms with E-state index in [0.717, 1.165) is 49.6 Å². The maximum atomic E-state index is 5.78. The van der Waals surface area contributed by atoms with Crippen molar-refractivity contribution in [3.8, 4) is 0 Å². The van der Waals surface area contributed by atoms with Gasteiger partial charge in [-0.2, -0.15) is 0 Å². The SMILES string of the molecule is Cc1cccnc1NCCn1cc([C@H]2CCOC(C)(C)C2)nn1. The first-order valence-corrected chi connectivity index (χ1v) is 8.23. The maximum Gasteiger partial charge on any atom is 0.128 e. The van der Waals surface area contributed by atoms with Crippen molar-refractivity contribution in [1.29, 1.82) is 0 Å². The van der Waals surface area contributed by atoms with Gasteiger partial charge >= 0.3 is 0 Å². The van der Waals surface area contributed by atoms with Gasteiger partial charge in [-0.05, 0) is 45.2 Å². The predicted octanol–water partition coefficient (Wildman–Crippen LogP) is 2.77. The van der Waals surface area contributed by atoms with E-state index in [2.05, 4.69) is 53.6 Å². The molecule has 0 bridgehead atoms. The van der Waals surface area contributed by atoms with Crippen LogP contribution in [-0.4, -0.2) is 38.7 Å². The van der Waals surface area contributed by atoms with E-state index in [9.17, 15) is 0 Å². The van der Waals surface area contributed by atoms with Crippen LogP contribution in [-0.2, 0) is 11.3 Å². The molecule has 1 atom stereocenters. The smallest absolute Gasteiger partial charge is 0.128 e. The van der Waals surface area contributed by atoms with E-state index < -0.39 is 0 Å². The first-order valence-electron chi connectivity index (χ1n) is 8.23. The molecule has 3 heterocycles. The minimum Gasteiger partial charge on any atom is -0.376 e. The summed E-state index contributed by atoms with van der Waals surface area (Å²) in [7, 11) is 0. The average molecular weight is 315 g/mol. The van der Waals surface area contributed by atoms with E-state index in [-0.39, 0.29) is 5.60 Å². The number of rotatable bonds is 5. The van der Waals surface area contributed by atoms with Crippen molar-refractivity contribution in [2.24, 2.45) is 0 Å². The van der Waals surface area contributed by atoms with E-state index in [4.69, 9.17) is 4.74 Å². The highest BCUT2D eigenvalue weighted by molar-refractivity contribution is 5.42. The van der Waals surface area contributed by atoms with Crippen LogP contribution in [0.5, 0.6) is 0 Å². The number of hydrogen-bond donors (Lipinski definition) is 1. The zero-order chi connectivity index (χ0) is 16.3. The van der Waals surface area contributed by atoms with E-state index in [1.165, 1.54) is 0 Å². The Labute approximate surface area is 137 Å². The summed E-state index contributed by atoms with van der Waals surface area (Å²) in [5.74, 6) is 1.37. The first kappa shape index (κ1) is 15.9. The summed E-state index contributed by atoms with van der Waals surface area (Å²) in [4.78, 5) is 4.33. The number of aromatic nitrogens is 4. The first-order chi connectivity index (χ1) is 11.0. The molecule has 0 saturated carbocycles. The third-order valence-electron chi connectivity index (χ3n) is 4.31. The van der Waals surface area contributed by atoms with Gasteiger partial charge in [0.2, 0.25) is 0 Å². The molecule has 1 aliphatic rings. The van der Waals surface area contributed by atoms with Crippen molar-refractivity contribution >= 4 is 5.82 Å². The fraction of sp³-hybridized carbons (Fsp3) is 0.588. The van der Waals surface area contributed by atoms with Gasteiger partial charge in [0.15, 0.2) is 0 Å². The number of hydrogen-bond acceptors (Lipinski definition) is 5. The molecule has 0 spiro atoms. The van der Waals surface area contributed by atoms with Crippen LogP contribution < -0.4 is 5.32 Å². The van der Waals surface area contributed by atoms with Crippen LogP contribution in [0.25, 0.3) is 0 Å². The van der Waals surface area contributed by atoms with Crippen LogP contribution in [0.15, 0.2) is 24.5 Å². The molecule has 124 valence electrons. The maximum absolute atomic E-state index is 5.78. The number of aryl methyl sites for hydroxylation is 1. The minimum atomic E-state index is -0.0647. The van der Waals surface area contributed by atoms with Crippen LogP contribution in [0.3, 0.4) is 0 Å². The van der Waals surface area contributed by atoms with Gasteiger partial charge < -0.3 is 10.1 Å². The number of nitrogens with one attached hydrogen (secondary N) is 1. The van der Waals surface area contributed by atoms with Crippen LogP contribution >= 0.6 is 0 Å². The minimum absolute atomic E-state index is 0.0647. The zero-order valence-corrected chi connectivity index (χ0v) is 14.1. The number of ether oxygens (including phenoxy) is 1. The van der Waals surface area contributed by atoms with Crippen LogP contribution in [0, 0.1) is 6.92 Å². The summed E-state index contributed by atoms with van der Waals surface area (Å²) in [6.45, 7) is 8.68. The van der Waals surface area contributed by atoms with E-state index in [0.29, 0.717) is 5.92 Å². The summed E-state index contributed by atoms with van der Waals surface area (Å²) < 4.78 is 7.68. The predicted molar refractivity (Wildman–Crippen MR) is 89.5 cm³/mol. The van der Waals surface area contributed by atoms with Crippen molar-refractivity contribution in [2.45, 2.75) is 51.7 Å². The molecule has 1 N–H and O–H groups in total. The van der Waals surface area contributed by atoms with Crippen LogP contribution in [0.1, 0.15) is 43.9 Å². The molecule has 2 aromatic rings. The monoisotopic (exact) mass is 315 g/mol. The highest BCUT2D eigenvalue weighted by atomic mass is 16.5. The zero-order valence-electron chi connectivity index (χ0n) is 14.1. The van der Waals surface area contributed by atoms with Gasteiger partial charge in [0.05, 0.1) is 17.8 Å². The number of anilines is 1. The molecule has 0 aliphatic carbocycles. The second kappa shape index (κ2) is 6.66. The van der Waals surface area contributed by atoms with Crippen molar-refractivity contribution in [3.63, 3.8) is 0 Å². The summed E-state index contributed by atoms with van der Waals surface area (Å²) in [6, 6.07) is 4.00. The van der Waals surface area contributed by atoms with Gasteiger partial charge in [0.25, 0.3) is 0 Å². The van der Waals surface area contributed by atoms with Gasteiger partial charge in [-0.3, -0.25) is 4.68 Å². The summed E-state index contributed by atoms with van der Waals surface area (Å²) in [5, 5.41) is 12.0. The molecule has 3 rings (SSSR count). The lowest BCUT2D eigenvalue weighted by Gasteiger charge is -2.34. The van der Waals surface area contributed by atoms with Crippen molar-refractivity contribution in [2.75, 3.05) is 18.5 Å². The Morgan fingerprint density at radius 3 is 3.09 bits per heavy atom. The lowest BCUT2D eigenvalue weighted by Crippen LogP contribution is -2.33. The van der Waals surface area contributed by atoms with Crippen molar-refractivity contribution in [1.82, 2.24) is 20.0 Å². The molecule has 1 aliphatic heterocycles. The Kier molecular flexibility index (Phi) is 4.61. The molecule has 1 saturated heterocycles. The third-order valence-corrected chi connectivity index (χ3v) is 4.31. The number of pyridine rings is 1. The molecule has 0 amide bonds. The third kappa shape index (κ3) is 4.07. The second-order valence-corrected chi connectivity index (χ2v) is 6.80. The molecule has 0 aromatic carbocycles. The normalized spacial score (nSPS) is 20.4. The molecule has 23 heavy (non-hydrogen) atoms. The van der Waals surface area contributed by atoms with E-state index >= 15 is 0 Å². The van der Waals surface area contributed by atoms with Crippen molar-refractivity contribution < 1.29 is 4.74 Å². The van der Waals surface area contributed by atoms with Crippen LogP contribution in [0.2, 0.25) is 0 Å². The number of nitrogens with zero attached hydrogens (tertiary/aromatic N) is 4. The standard InChI is InChI=1S/C17H25N5O/c1-13-5-4-7-18-16(13)19-8-9-22-12-15(20-21-22)14-6-10-23-17(2,3)11-14/h4-5,7,12,14H,6,8-11H2,1-3H3,(H,18,19)/t14-/m0/s1. The van der Waals surface area contributed by atoms with Crippen molar-refractivity contribution in [3.05, 3.63) is 35.8 Å². The Morgan fingerprint density at radius 2 is 2.30 bits per heavy atom. The Morgan fingerprint density at radius 1 is 1.43 bits per heavy atom. The molecule has 0 radical (unpaired) electrons. The molecule has 6 heteroatoms. The Bertz CT molecular complexity index is 652. The average Bonchev–Trinajstić information content (AvgIpc) is 2.97. The fourth-order valence-electron chi connectivity index (χ4n) is 3.05.